The smallest absolute Gasteiger partial charge is 0.337 e. The maximum absolute atomic E-state index is 11.3. The Morgan fingerprint density at radius 1 is 1.39 bits per heavy atom. The first-order chi connectivity index (χ1) is 8.52. The summed E-state index contributed by atoms with van der Waals surface area (Å²) in [5, 5.41) is 3.00. The number of carbonyl (C=O) groups is 2. The molecule has 0 aromatic heterocycles. The summed E-state index contributed by atoms with van der Waals surface area (Å²) in [6.07, 6.45) is 2.22. The van der Waals surface area contributed by atoms with Gasteiger partial charge in [0.1, 0.15) is 0 Å². The summed E-state index contributed by atoms with van der Waals surface area (Å²) >= 11 is 0. The molecule has 1 aliphatic rings. The molecule has 1 amide bonds. The van der Waals surface area contributed by atoms with Gasteiger partial charge in [0.05, 0.1) is 12.7 Å². The van der Waals surface area contributed by atoms with Crippen LogP contribution in [0.1, 0.15) is 35.7 Å². The van der Waals surface area contributed by atoms with E-state index in [2.05, 4.69) is 10.1 Å². The molecule has 0 aliphatic carbocycles. The lowest BCUT2D eigenvalue weighted by Crippen LogP contribution is -2.40. The molecule has 1 N–H and O–H groups in total. The zero-order valence-electron chi connectivity index (χ0n) is 10.7. The van der Waals surface area contributed by atoms with Gasteiger partial charge in [-0.3, -0.25) is 4.79 Å². The van der Waals surface area contributed by atoms with Crippen molar-refractivity contribution in [3.05, 3.63) is 35.4 Å². The van der Waals surface area contributed by atoms with Crippen LogP contribution in [0.4, 0.5) is 0 Å². The minimum absolute atomic E-state index is 0.115. The first kappa shape index (κ1) is 12.6. The number of benzene rings is 1. The van der Waals surface area contributed by atoms with Crippen LogP contribution in [0, 0.1) is 0 Å². The fourth-order valence-electron chi connectivity index (χ4n) is 2.31. The van der Waals surface area contributed by atoms with E-state index in [0.29, 0.717) is 12.0 Å². The van der Waals surface area contributed by atoms with Crippen molar-refractivity contribution in [1.29, 1.82) is 0 Å². The Bertz CT molecular complexity index is 466. The highest BCUT2D eigenvalue weighted by molar-refractivity contribution is 5.89. The Hall–Kier alpha value is -1.84. The summed E-state index contributed by atoms with van der Waals surface area (Å²) < 4.78 is 4.65. The predicted molar refractivity (Wildman–Crippen MR) is 67.3 cm³/mol. The van der Waals surface area contributed by atoms with E-state index in [1.807, 2.05) is 19.1 Å². The van der Waals surface area contributed by atoms with E-state index in [9.17, 15) is 9.59 Å². The van der Waals surface area contributed by atoms with E-state index in [4.69, 9.17) is 0 Å². The third-order valence-corrected chi connectivity index (χ3v) is 3.31. The van der Waals surface area contributed by atoms with E-state index >= 15 is 0 Å². The normalized spacial score (nSPS) is 22.7. The van der Waals surface area contributed by atoms with Crippen molar-refractivity contribution in [1.82, 2.24) is 5.32 Å². The highest BCUT2D eigenvalue weighted by atomic mass is 16.5. The van der Waals surface area contributed by atoms with E-state index < -0.39 is 0 Å². The van der Waals surface area contributed by atoms with E-state index in [-0.39, 0.29) is 17.4 Å². The van der Waals surface area contributed by atoms with Crippen molar-refractivity contribution < 1.29 is 14.3 Å². The van der Waals surface area contributed by atoms with Gasteiger partial charge in [-0.25, -0.2) is 4.79 Å². The first-order valence-electron chi connectivity index (χ1n) is 6.01. The summed E-state index contributed by atoms with van der Waals surface area (Å²) in [4.78, 5) is 22.6. The molecule has 1 saturated heterocycles. The van der Waals surface area contributed by atoms with Crippen LogP contribution in [0.3, 0.4) is 0 Å². The molecule has 96 valence electrons. The van der Waals surface area contributed by atoms with Crippen LogP contribution in [0.2, 0.25) is 0 Å². The highest BCUT2D eigenvalue weighted by Crippen LogP contribution is 2.24. The molecule has 0 bridgehead atoms. The van der Waals surface area contributed by atoms with Crippen molar-refractivity contribution in [3.63, 3.8) is 0 Å². The molecule has 0 spiro atoms. The Balaban J connectivity index is 2.07. The third kappa shape index (κ3) is 2.70. The van der Waals surface area contributed by atoms with Gasteiger partial charge in [-0.05, 0) is 37.5 Å². The fourth-order valence-corrected chi connectivity index (χ4v) is 2.31. The number of hydrogen-bond donors (Lipinski definition) is 1. The SMILES string of the molecule is COC(=O)c1ccc(C[C@]2(C)CCC(=O)N2)cc1. The maximum atomic E-state index is 11.3. The average Bonchev–Trinajstić information content (AvgIpc) is 2.69. The molecule has 0 saturated carbocycles. The van der Waals surface area contributed by atoms with Crippen LogP contribution in [0.25, 0.3) is 0 Å². The standard InChI is InChI=1S/C14H17NO3/c1-14(8-7-12(16)15-14)9-10-3-5-11(6-4-10)13(17)18-2/h3-6H,7-9H2,1-2H3,(H,15,16)/t14-/m0/s1. The van der Waals surface area contributed by atoms with Gasteiger partial charge in [0.2, 0.25) is 5.91 Å². The zero-order valence-corrected chi connectivity index (χ0v) is 10.7. The number of rotatable bonds is 3. The van der Waals surface area contributed by atoms with Crippen LogP contribution in [-0.2, 0) is 16.0 Å². The highest BCUT2D eigenvalue weighted by Gasteiger charge is 2.32. The number of ether oxygens (including phenoxy) is 1. The van der Waals surface area contributed by atoms with Crippen LogP contribution < -0.4 is 5.32 Å². The fraction of sp³-hybridized carbons (Fsp3) is 0.429. The quantitative estimate of drug-likeness (QED) is 0.827. The first-order valence-corrected chi connectivity index (χ1v) is 6.01. The molecule has 4 heteroatoms. The van der Waals surface area contributed by atoms with Gasteiger partial charge in [0.25, 0.3) is 0 Å². The molecule has 1 fully saturated rings. The zero-order chi connectivity index (χ0) is 13.2. The van der Waals surface area contributed by atoms with Gasteiger partial charge in [-0.2, -0.15) is 0 Å². The lowest BCUT2D eigenvalue weighted by molar-refractivity contribution is -0.119. The number of carbonyl (C=O) groups excluding carboxylic acids is 2. The second kappa shape index (κ2) is 4.80. The van der Waals surface area contributed by atoms with E-state index in [1.165, 1.54) is 7.11 Å². The molecule has 1 atom stereocenters. The van der Waals surface area contributed by atoms with Gasteiger partial charge >= 0.3 is 5.97 Å². The molecule has 2 rings (SSSR count). The Labute approximate surface area is 106 Å². The molecular formula is C14H17NO3. The van der Waals surface area contributed by atoms with E-state index in [0.717, 1.165) is 18.4 Å². The second-order valence-electron chi connectivity index (χ2n) is 4.97. The van der Waals surface area contributed by atoms with Gasteiger partial charge in [0, 0.05) is 12.0 Å². The van der Waals surface area contributed by atoms with Crippen molar-refractivity contribution in [3.8, 4) is 0 Å². The maximum Gasteiger partial charge on any atom is 0.337 e. The van der Waals surface area contributed by atoms with Crippen LogP contribution in [0.5, 0.6) is 0 Å². The largest absolute Gasteiger partial charge is 0.465 e. The van der Waals surface area contributed by atoms with Crippen LogP contribution in [-0.4, -0.2) is 24.5 Å². The van der Waals surface area contributed by atoms with Crippen LogP contribution >= 0.6 is 0 Å². The Morgan fingerprint density at radius 2 is 2.06 bits per heavy atom. The van der Waals surface area contributed by atoms with Crippen molar-refractivity contribution in [2.24, 2.45) is 0 Å². The molecule has 1 aromatic rings. The number of esters is 1. The molecule has 1 aromatic carbocycles. The van der Waals surface area contributed by atoms with Gasteiger partial charge in [0.15, 0.2) is 0 Å². The lowest BCUT2D eigenvalue weighted by atomic mass is 9.91. The Kier molecular flexibility index (Phi) is 3.36. The summed E-state index contributed by atoms with van der Waals surface area (Å²) in [5.41, 5.74) is 1.48. The lowest BCUT2D eigenvalue weighted by Gasteiger charge is -2.23. The number of nitrogens with one attached hydrogen (secondary N) is 1. The van der Waals surface area contributed by atoms with E-state index in [1.54, 1.807) is 12.1 Å². The number of hydrogen-bond acceptors (Lipinski definition) is 3. The molecule has 4 nitrogen and oxygen atoms in total. The third-order valence-electron chi connectivity index (χ3n) is 3.31. The minimum atomic E-state index is -0.332. The molecule has 18 heavy (non-hydrogen) atoms. The monoisotopic (exact) mass is 247 g/mol. The van der Waals surface area contributed by atoms with Crippen molar-refractivity contribution in [2.75, 3.05) is 7.11 Å². The van der Waals surface area contributed by atoms with Crippen LogP contribution in [0.15, 0.2) is 24.3 Å². The number of methoxy groups -OCH3 is 1. The number of amides is 1. The van der Waals surface area contributed by atoms with Crippen molar-refractivity contribution >= 4 is 11.9 Å². The van der Waals surface area contributed by atoms with Crippen molar-refractivity contribution in [2.45, 2.75) is 31.7 Å². The summed E-state index contributed by atoms with van der Waals surface area (Å²) in [6, 6.07) is 7.31. The molecule has 0 radical (unpaired) electrons. The van der Waals surface area contributed by atoms with Gasteiger partial charge in [-0.15, -0.1) is 0 Å². The molecular weight excluding hydrogens is 230 g/mol. The molecule has 1 heterocycles. The topological polar surface area (TPSA) is 55.4 Å². The van der Waals surface area contributed by atoms with Gasteiger partial charge in [-0.1, -0.05) is 12.1 Å². The predicted octanol–water partition coefficient (Wildman–Crippen LogP) is 1.68. The molecule has 0 unspecified atom stereocenters. The molecule has 1 aliphatic heterocycles. The summed E-state index contributed by atoms with van der Waals surface area (Å²) in [5.74, 6) is -0.217. The second-order valence-corrected chi connectivity index (χ2v) is 4.97. The van der Waals surface area contributed by atoms with Gasteiger partial charge < -0.3 is 10.1 Å². The summed E-state index contributed by atoms with van der Waals surface area (Å²) in [7, 11) is 1.37. The minimum Gasteiger partial charge on any atom is -0.465 e. The summed E-state index contributed by atoms with van der Waals surface area (Å²) in [6.45, 7) is 2.05. The average molecular weight is 247 g/mol. The Morgan fingerprint density at radius 3 is 2.56 bits per heavy atom.